The van der Waals surface area contributed by atoms with Crippen molar-refractivity contribution in [1.82, 2.24) is 19.6 Å². The highest BCUT2D eigenvalue weighted by Gasteiger charge is 2.42. The minimum Gasteiger partial charge on any atom is -0.339 e. The summed E-state index contributed by atoms with van der Waals surface area (Å²) in [6.07, 6.45) is 4.31. The van der Waals surface area contributed by atoms with Crippen LogP contribution in [0.2, 0.25) is 0 Å². The van der Waals surface area contributed by atoms with Gasteiger partial charge in [0.25, 0.3) is 0 Å². The van der Waals surface area contributed by atoms with Gasteiger partial charge in [-0.2, -0.15) is 0 Å². The molecule has 0 spiro atoms. The molecular weight excluding hydrogens is 364 g/mol. The minimum absolute atomic E-state index is 0.0381. The third-order valence-electron chi connectivity index (χ3n) is 5.99. The molecule has 0 saturated carbocycles. The van der Waals surface area contributed by atoms with Gasteiger partial charge in [-0.25, -0.2) is 0 Å². The van der Waals surface area contributed by atoms with Gasteiger partial charge in [-0.3, -0.25) is 14.5 Å². The van der Waals surface area contributed by atoms with Crippen LogP contribution in [0.15, 0.2) is 36.4 Å². The van der Waals surface area contributed by atoms with E-state index in [0.29, 0.717) is 26.2 Å². The second-order valence-corrected chi connectivity index (χ2v) is 8.63. The van der Waals surface area contributed by atoms with E-state index in [4.69, 9.17) is 0 Å². The highest BCUT2D eigenvalue weighted by Crippen LogP contribution is 2.24. The van der Waals surface area contributed by atoms with Crippen molar-refractivity contribution in [2.24, 2.45) is 5.41 Å². The molecule has 0 atom stereocenters. The number of likely N-dealkylation sites (N-methyl/N-ethyl adjacent to an activating group) is 1. The molecule has 2 heterocycles. The van der Waals surface area contributed by atoms with E-state index in [9.17, 15) is 9.59 Å². The Morgan fingerprint density at radius 2 is 1.38 bits per heavy atom. The lowest BCUT2D eigenvalue weighted by molar-refractivity contribution is -0.156. The number of carbonyl (C=O) groups is 2. The largest absolute Gasteiger partial charge is 0.339 e. The summed E-state index contributed by atoms with van der Waals surface area (Å²) in [6, 6.07) is 10.3. The Labute approximate surface area is 174 Å². The van der Waals surface area contributed by atoms with Gasteiger partial charge in [0, 0.05) is 58.9 Å². The maximum absolute atomic E-state index is 13.1. The monoisotopic (exact) mass is 398 g/mol. The van der Waals surface area contributed by atoms with E-state index < -0.39 is 5.41 Å². The molecule has 2 saturated heterocycles. The van der Waals surface area contributed by atoms with Crippen molar-refractivity contribution >= 4 is 17.9 Å². The number of amides is 2. The molecule has 2 amide bonds. The molecule has 2 fully saturated rings. The van der Waals surface area contributed by atoms with E-state index >= 15 is 0 Å². The standard InChI is InChI=1S/C23H34N4O2/c1-23(2,21(28)26-16-12-24(3)13-17-26)22(29)27-18-14-25(15-19-27)11-7-10-20-8-5-4-6-9-20/h4-10H,11-19H2,1-3H3/b10-7+. The number of hydrogen-bond acceptors (Lipinski definition) is 4. The van der Waals surface area contributed by atoms with E-state index in [0.717, 1.165) is 32.7 Å². The van der Waals surface area contributed by atoms with Crippen LogP contribution in [-0.4, -0.2) is 97.4 Å². The summed E-state index contributed by atoms with van der Waals surface area (Å²) in [7, 11) is 2.06. The summed E-state index contributed by atoms with van der Waals surface area (Å²) >= 11 is 0. The molecule has 6 heteroatoms. The van der Waals surface area contributed by atoms with Crippen LogP contribution in [0.5, 0.6) is 0 Å². The van der Waals surface area contributed by atoms with Crippen LogP contribution in [0.1, 0.15) is 19.4 Å². The molecule has 0 N–H and O–H groups in total. The van der Waals surface area contributed by atoms with E-state index in [-0.39, 0.29) is 11.8 Å². The van der Waals surface area contributed by atoms with Crippen molar-refractivity contribution in [2.75, 3.05) is 66.0 Å². The van der Waals surface area contributed by atoms with Gasteiger partial charge in [-0.1, -0.05) is 42.5 Å². The van der Waals surface area contributed by atoms with E-state index in [2.05, 4.69) is 41.1 Å². The predicted octanol–water partition coefficient (Wildman–Crippen LogP) is 1.64. The SMILES string of the molecule is CN1CCN(C(=O)C(C)(C)C(=O)N2CCN(C/C=C/c3ccccc3)CC2)CC1. The van der Waals surface area contributed by atoms with Crippen LogP contribution < -0.4 is 0 Å². The summed E-state index contributed by atoms with van der Waals surface area (Å²) in [5, 5.41) is 0. The molecule has 0 bridgehead atoms. The van der Waals surface area contributed by atoms with Crippen LogP contribution in [0.3, 0.4) is 0 Å². The normalized spacial score (nSPS) is 19.7. The molecule has 0 unspecified atom stereocenters. The number of hydrogen-bond donors (Lipinski definition) is 0. The molecule has 0 aliphatic carbocycles. The molecule has 1 aromatic carbocycles. The second-order valence-electron chi connectivity index (χ2n) is 8.63. The highest BCUT2D eigenvalue weighted by molar-refractivity contribution is 6.04. The van der Waals surface area contributed by atoms with E-state index in [1.807, 2.05) is 28.0 Å². The minimum atomic E-state index is -0.995. The third kappa shape index (κ3) is 5.46. The molecule has 158 valence electrons. The molecule has 0 aromatic heterocycles. The van der Waals surface area contributed by atoms with Crippen LogP contribution in [0.25, 0.3) is 6.08 Å². The van der Waals surface area contributed by atoms with Crippen LogP contribution in [0.4, 0.5) is 0 Å². The van der Waals surface area contributed by atoms with Crippen molar-refractivity contribution in [3.05, 3.63) is 42.0 Å². The molecule has 1 aromatic rings. The first-order chi connectivity index (χ1) is 13.9. The van der Waals surface area contributed by atoms with Gasteiger partial charge in [0.05, 0.1) is 0 Å². The smallest absolute Gasteiger partial charge is 0.237 e. The van der Waals surface area contributed by atoms with Crippen molar-refractivity contribution in [2.45, 2.75) is 13.8 Å². The third-order valence-corrected chi connectivity index (χ3v) is 5.99. The van der Waals surface area contributed by atoms with Crippen molar-refractivity contribution < 1.29 is 9.59 Å². The Morgan fingerprint density at radius 3 is 1.93 bits per heavy atom. The van der Waals surface area contributed by atoms with Gasteiger partial charge >= 0.3 is 0 Å². The van der Waals surface area contributed by atoms with Crippen LogP contribution >= 0.6 is 0 Å². The Kier molecular flexibility index (Phi) is 7.09. The lowest BCUT2D eigenvalue weighted by atomic mass is 9.89. The zero-order valence-electron chi connectivity index (χ0n) is 18.0. The maximum Gasteiger partial charge on any atom is 0.237 e. The van der Waals surface area contributed by atoms with Crippen LogP contribution in [-0.2, 0) is 9.59 Å². The number of carbonyl (C=O) groups excluding carboxylic acids is 2. The Bertz CT molecular complexity index is 716. The summed E-state index contributed by atoms with van der Waals surface area (Å²) < 4.78 is 0. The molecule has 3 rings (SSSR count). The van der Waals surface area contributed by atoms with E-state index in [1.54, 1.807) is 13.8 Å². The number of piperazine rings is 2. The molecule has 29 heavy (non-hydrogen) atoms. The highest BCUT2D eigenvalue weighted by atomic mass is 16.2. The van der Waals surface area contributed by atoms with Gasteiger partial charge in [0.15, 0.2) is 0 Å². The number of rotatable bonds is 5. The molecule has 2 aliphatic rings. The van der Waals surface area contributed by atoms with Crippen molar-refractivity contribution in [3.63, 3.8) is 0 Å². The molecule has 6 nitrogen and oxygen atoms in total. The average Bonchev–Trinajstić information content (AvgIpc) is 2.74. The molecule has 2 aliphatic heterocycles. The van der Waals surface area contributed by atoms with Crippen molar-refractivity contribution in [1.29, 1.82) is 0 Å². The predicted molar refractivity (Wildman–Crippen MR) is 116 cm³/mol. The molecule has 0 radical (unpaired) electrons. The summed E-state index contributed by atoms with van der Waals surface area (Å²) in [5.41, 5.74) is 0.205. The Morgan fingerprint density at radius 1 is 0.862 bits per heavy atom. The van der Waals surface area contributed by atoms with Gasteiger partial charge in [0.1, 0.15) is 5.41 Å². The van der Waals surface area contributed by atoms with Gasteiger partial charge < -0.3 is 14.7 Å². The number of benzene rings is 1. The quantitative estimate of drug-likeness (QED) is 0.708. The van der Waals surface area contributed by atoms with Gasteiger partial charge in [0.2, 0.25) is 11.8 Å². The number of nitrogens with zero attached hydrogens (tertiary/aromatic N) is 4. The zero-order valence-corrected chi connectivity index (χ0v) is 18.0. The Hall–Kier alpha value is -2.18. The zero-order chi connectivity index (χ0) is 20.9. The topological polar surface area (TPSA) is 47.1 Å². The summed E-state index contributed by atoms with van der Waals surface area (Å²) in [6.45, 7) is 10.6. The maximum atomic E-state index is 13.1. The fourth-order valence-electron chi connectivity index (χ4n) is 3.93. The summed E-state index contributed by atoms with van der Waals surface area (Å²) in [5.74, 6) is -0.0790. The lowest BCUT2D eigenvalue weighted by Gasteiger charge is -2.40. The van der Waals surface area contributed by atoms with E-state index in [1.165, 1.54) is 5.56 Å². The fraction of sp³-hybridized carbons (Fsp3) is 0.565. The van der Waals surface area contributed by atoms with Gasteiger partial charge in [-0.05, 0) is 26.5 Å². The lowest BCUT2D eigenvalue weighted by Crippen LogP contribution is -2.58. The second kappa shape index (κ2) is 9.55. The molecular formula is C23H34N4O2. The Balaban J connectivity index is 1.48. The van der Waals surface area contributed by atoms with Crippen LogP contribution in [0, 0.1) is 5.41 Å². The fourth-order valence-corrected chi connectivity index (χ4v) is 3.93. The first kappa shape index (κ1) is 21.5. The summed E-state index contributed by atoms with van der Waals surface area (Å²) in [4.78, 5) is 34.4. The average molecular weight is 399 g/mol. The van der Waals surface area contributed by atoms with Gasteiger partial charge in [-0.15, -0.1) is 0 Å². The van der Waals surface area contributed by atoms with Crippen molar-refractivity contribution in [3.8, 4) is 0 Å². The first-order valence-corrected chi connectivity index (χ1v) is 10.6. The first-order valence-electron chi connectivity index (χ1n) is 10.6.